The van der Waals surface area contributed by atoms with Crippen LogP contribution in [0, 0.1) is 16.7 Å². The number of nitrogens with one attached hydrogen (secondary N) is 1. The van der Waals surface area contributed by atoms with Crippen molar-refractivity contribution in [2.24, 2.45) is 11.1 Å². The molecule has 2 atom stereocenters. The lowest BCUT2D eigenvalue weighted by Gasteiger charge is -2.26. The first-order chi connectivity index (χ1) is 5.79. The fourth-order valence-corrected chi connectivity index (χ4v) is 0.729. The molecule has 0 aromatic carbocycles. The van der Waals surface area contributed by atoms with Gasteiger partial charge in [0.15, 0.2) is 0 Å². The number of carbonyl (C=O) groups excluding carboxylic acids is 1. The molecule has 0 aliphatic heterocycles. The molecular formula is C9H17N3O. The molecule has 13 heavy (non-hydrogen) atoms. The van der Waals surface area contributed by atoms with Crippen molar-refractivity contribution in [2.75, 3.05) is 0 Å². The van der Waals surface area contributed by atoms with Gasteiger partial charge in [0, 0.05) is 0 Å². The van der Waals surface area contributed by atoms with Gasteiger partial charge < -0.3 is 11.1 Å². The molecular weight excluding hydrogens is 166 g/mol. The summed E-state index contributed by atoms with van der Waals surface area (Å²) >= 11 is 0. The minimum atomic E-state index is -0.580. The molecule has 0 aromatic rings. The van der Waals surface area contributed by atoms with E-state index in [2.05, 4.69) is 5.32 Å². The Morgan fingerprint density at radius 2 is 2.00 bits per heavy atom. The largest absolute Gasteiger partial charge is 0.339 e. The van der Waals surface area contributed by atoms with Crippen molar-refractivity contribution in [1.82, 2.24) is 5.32 Å². The maximum absolute atomic E-state index is 11.4. The Balaban J connectivity index is 4.22. The molecule has 1 amide bonds. The smallest absolute Gasteiger partial charge is 0.238 e. The lowest BCUT2D eigenvalue weighted by Crippen LogP contribution is -2.50. The van der Waals surface area contributed by atoms with E-state index in [1.807, 2.05) is 26.8 Å². The lowest BCUT2D eigenvalue weighted by atomic mass is 9.87. The van der Waals surface area contributed by atoms with Gasteiger partial charge in [0.2, 0.25) is 5.91 Å². The third kappa shape index (κ3) is 3.90. The molecule has 0 aliphatic carbocycles. The maximum Gasteiger partial charge on any atom is 0.238 e. The molecule has 0 saturated carbocycles. The third-order valence-corrected chi connectivity index (χ3v) is 1.77. The van der Waals surface area contributed by atoms with Crippen LogP contribution in [-0.4, -0.2) is 18.0 Å². The van der Waals surface area contributed by atoms with Crippen molar-refractivity contribution in [1.29, 1.82) is 5.26 Å². The van der Waals surface area contributed by atoms with Crippen LogP contribution in [0.15, 0.2) is 0 Å². The van der Waals surface area contributed by atoms with Crippen LogP contribution in [0.25, 0.3) is 0 Å². The number of nitrogens with two attached hydrogens (primary N) is 1. The van der Waals surface area contributed by atoms with Crippen LogP contribution in [0.3, 0.4) is 0 Å². The molecule has 0 fully saturated rings. The van der Waals surface area contributed by atoms with Gasteiger partial charge in [-0.3, -0.25) is 4.79 Å². The standard InChI is InChI=1S/C9H17N3O/c1-6(5-10)12-8(13)7(11)9(2,3)4/h6-7H,11H2,1-4H3,(H,12,13)/t6-,7+/m0/s1. The van der Waals surface area contributed by atoms with E-state index >= 15 is 0 Å². The van der Waals surface area contributed by atoms with Gasteiger partial charge in [0.25, 0.3) is 0 Å². The summed E-state index contributed by atoms with van der Waals surface area (Å²) in [5.41, 5.74) is 5.40. The Hall–Kier alpha value is -1.08. The SMILES string of the molecule is C[C@@H](C#N)NC(=O)[C@@H](N)C(C)(C)C. The highest BCUT2D eigenvalue weighted by Crippen LogP contribution is 2.17. The Morgan fingerprint density at radius 3 is 2.31 bits per heavy atom. The topological polar surface area (TPSA) is 78.9 Å². The van der Waals surface area contributed by atoms with Gasteiger partial charge >= 0.3 is 0 Å². The minimum absolute atomic E-state index is 0.276. The van der Waals surface area contributed by atoms with E-state index in [1.54, 1.807) is 6.92 Å². The lowest BCUT2D eigenvalue weighted by molar-refractivity contribution is -0.124. The molecule has 0 aromatic heterocycles. The van der Waals surface area contributed by atoms with Gasteiger partial charge in [-0.1, -0.05) is 20.8 Å². The number of nitrogens with zero attached hydrogens (tertiary/aromatic N) is 1. The van der Waals surface area contributed by atoms with E-state index in [1.165, 1.54) is 0 Å². The molecule has 0 unspecified atom stereocenters. The maximum atomic E-state index is 11.4. The van der Waals surface area contributed by atoms with Crippen LogP contribution in [-0.2, 0) is 4.79 Å². The number of amides is 1. The van der Waals surface area contributed by atoms with Crippen LogP contribution < -0.4 is 11.1 Å². The molecule has 4 nitrogen and oxygen atoms in total. The van der Waals surface area contributed by atoms with Crippen molar-refractivity contribution < 1.29 is 4.79 Å². The highest BCUT2D eigenvalue weighted by atomic mass is 16.2. The number of hydrogen-bond acceptors (Lipinski definition) is 3. The van der Waals surface area contributed by atoms with Crippen LogP contribution >= 0.6 is 0 Å². The molecule has 0 bridgehead atoms. The summed E-state index contributed by atoms with van der Waals surface area (Å²) < 4.78 is 0. The van der Waals surface area contributed by atoms with Crippen molar-refractivity contribution in [3.63, 3.8) is 0 Å². The summed E-state index contributed by atoms with van der Waals surface area (Å²) in [5, 5.41) is 11.0. The zero-order valence-corrected chi connectivity index (χ0v) is 8.59. The van der Waals surface area contributed by atoms with Gasteiger partial charge in [0.1, 0.15) is 6.04 Å². The van der Waals surface area contributed by atoms with E-state index in [0.717, 1.165) is 0 Å². The molecule has 0 spiro atoms. The van der Waals surface area contributed by atoms with E-state index in [9.17, 15) is 4.79 Å². The number of hydrogen-bond donors (Lipinski definition) is 2. The van der Waals surface area contributed by atoms with Gasteiger partial charge in [0.05, 0.1) is 12.1 Å². The molecule has 0 saturated heterocycles. The van der Waals surface area contributed by atoms with Crippen LogP contribution in [0.4, 0.5) is 0 Å². The van der Waals surface area contributed by atoms with Crippen LogP contribution in [0.1, 0.15) is 27.7 Å². The number of rotatable bonds is 2. The van der Waals surface area contributed by atoms with Gasteiger partial charge in [-0.2, -0.15) is 5.26 Å². The predicted molar refractivity (Wildman–Crippen MR) is 50.6 cm³/mol. The van der Waals surface area contributed by atoms with Crippen molar-refractivity contribution in [3.8, 4) is 6.07 Å². The Morgan fingerprint density at radius 1 is 1.54 bits per heavy atom. The summed E-state index contributed by atoms with van der Waals surface area (Å²) in [6.07, 6.45) is 0. The molecule has 0 heterocycles. The van der Waals surface area contributed by atoms with Crippen LogP contribution in [0.5, 0.6) is 0 Å². The Labute approximate surface area is 79.1 Å². The fourth-order valence-electron chi connectivity index (χ4n) is 0.729. The van der Waals surface area contributed by atoms with E-state index in [4.69, 9.17) is 11.0 Å². The second kappa shape index (κ2) is 4.24. The molecule has 0 rings (SSSR count). The number of carbonyl (C=O) groups is 1. The van der Waals surface area contributed by atoms with Crippen molar-refractivity contribution >= 4 is 5.91 Å². The van der Waals surface area contributed by atoms with Crippen LogP contribution in [0.2, 0.25) is 0 Å². The van der Waals surface area contributed by atoms with Gasteiger partial charge in [-0.15, -0.1) is 0 Å². The normalized spacial score (nSPS) is 15.7. The number of nitriles is 1. The first kappa shape index (κ1) is 11.9. The molecule has 3 N–H and O–H groups in total. The average Bonchev–Trinajstić information content (AvgIpc) is 2.01. The molecule has 4 heteroatoms. The van der Waals surface area contributed by atoms with E-state index in [-0.39, 0.29) is 11.3 Å². The summed E-state index contributed by atoms with van der Waals surface area (Å²) in [7, 11) is 0. The second-order valence-electron chi connectivity index (χ2n) is 4.20. The zero-order chi connectivity index (χ0) is 10.6. The van der Waals surface area contributed by atoms with Gasteiger partial charge in [-0.25, -0.2) is 0 Å². The zero-order valence-electron chi connectivity index (χ0n) is 8.59. The van der Waals surface area contributed by atoms with Crippen molar-refractivity contribution in [3.05, 3.63) is 0 Å². The average molecular weight is 183 g/mol. The third-order valence-electron chi connectivity index (χ3n) is 1.77. The quantitative estimate of drug-likeness (QED) is 0.650. The molecule has 0 radical (unpaired) electrons. The Bertz CT molecular complexity index is 224. The monoisotopic (exact) mass is 183 g/mol. The fraction of sp³-hybridized carbons (Fsp3) is 0.778. The van der Waals surface area contributed by atoms with E-state index in [0.29, 0.717) is 0 Å². The highest BCUT2D eigenvalue weighted by Gasteiger charge is 2.27. The van der Waals surface area contributed by atoms with Crippen molar-refractivity contribution in [2.45, 2.75) is 39.8 Å². The minimum Gasteiger partial charge on any atom is -0.339 e. The van der Waals surface area contributed by atoms with Gasteiger partial charge in [-0.05, 0) is 12.3 Å². The molecule has 0 aliphatic rings. The summed E-state index contributed by atoms with van der Waals surface area (Å²) in [4.78, 5) is 11.4. The first-order valence-corrected chi connectivity index (χ1v) is 4.24. The first-order valence-electron chi connectivity index (χ1n) is 4.24. The van der Waals surface area contributed by atoms with E-state index < -0.39 is 12.1 Å². The summed E-state index contributed by atoms with van der Waals surface area (Å²) in [5.74, 6) is -0.276. The highest BCUT2D eigenvalue weighted by molar-refractivity contribution is 5.82. The summed E-state index contributed by atoms with van der Waals surface area (Å²) in [6.45, 7) is 7.27. The second-order valence-corrected chi connectivity index (χ2v) is 4.20. The summed E-state index contributed by atoms with van der Waals surface area (Å²) in [6, 6.07) is 0.849. The predicted octanol–water partition coefficient (Wildman–Crippen LogP) is 0.388. The molecule has 74 valence electrons. The Kier molecular flexibility index (Phi) is 3.89.